The van der Waals surface area contributed by atoms with E-state index in [0.717, 1.165) is 6.42 Å². The van der Waals surface area contributed by atoms with Crippen LogP contribution >= 0.6 is 0 Å². The lowest BCUT2D eigenvalue weighted by Gasteiger charge is -2.15. The highest BCUT2D eigenvalue weighted by molar-refractivity contribution is 5.58. The van der Waals surface area contributed by atoms with E-state index in [-0.39, 0.29) is 0 Å². The van der Waals surface area contributed by atoms with E-state index >= 15 is 0 Å². The van der Waals surface area contributed by atoms with Gasteiger partial charge in [0.15, 0.2) is 0 Å². The smallest absolute Gasteiger partial charge is 0.0399 e. The Bertz CT molecular complexity index is 346. The standard InChI is InChI=1S/C13H20N2/c1-10(14-2)8-11-4-5-12-6-7-15(3)13(12)9-11/h4-5,9-10,14H,6-8H2,1-3H3. The molecular weight excluding hydrogens is 184 g/mol. The molecule has 0 radical (unpaired) electrons. The summed E-state index contributed by atoms with van der Waals surface area (Å²) in [5, 5.41) is 3.28. The van der Waals surface area contributed by atoms with E-state index < -0.39 is 0 Å². The summed E-state index contributed by atoms with van der Waals surface area (Å²) in [5.74, 6) is 0. The number of rotatable bonds is 3. The fraction of sp³-hybridized carbons (Fsp3) is 0.538. The van der Waals surface area contributed by atoms with Gasteiger partial charge in [-0.3, -0.25) is 0 Å². The van der Waals surface area contributed by atoms with Crippen LogP contribution in [-0.4, -0.2) is 26.7 Å². The fourth-order valence-corrected chi connectivity index (χ4v) is 2.17. The van der Waals surface area contributed by atoms with Crippen molar-refractivity contribution < 1.29 is 0 Å². The molecule has 2 heteroatoms. The van der Waals surface area contributed by atoms with Crippen molar-refractivity contribution in [3.8, 4) is 0 Å². The van der Waals surface area contributed by atoms with Gasteiger partial charge in [-0.05, 0) is 44.0 Å². The number of nitrogens with zero attached hydrogens (tertiary/aromatic N) is 1. The maximum Gasteiger partial charge on any atom is 0.0399 e. The van der Waals surface area contributed by atoms with Crippen LogP contribution in [0.25, 0.3) is 0 Å². The van der Waals surface area contributed by atoms with Crippen molar-refractivity contribution in [3.05, 3.63) is 29.3 Å². The number of hydrogen-bond donors (Lipinski definition) is 1. The summed E-state index contributed by atoms with van der Waals surface area (Å²) >= 11 is 0. The van der Waals surface area contributed by atoms with Gasteiger partial charge in [0.05, 0.1) is 0 Å². The summed E-state index contributed by atoms with van der Waals surface area (Å²) in [6.07, 6.45) is 2.31. The van der Waals surface area contributed by atoms with E-state index in [1.54, 1.807) is 0 Å². The maximum atomic E-state index is 3.28. The Morgan fingerprint density at radius 1 is 1.47 bits per heavy atom. The first-order valence-electron chi connectivity index (χ1n) is 5.71. The minimum atomic E-state index is 0.551. The summed E-state index contributed by atoms with van der Waals surface area (Å²) < 4.78 is 0. The Labute approximate surface area is 92.3 Å². The summed E-state index contributed by atoms with van der Waals surface area (Å²) in [6.45, 7) is 3.39. The van der Waals surface area contributed by atoms with Gasteiger partial charge in [0.1, 0.15) is 0 Å². The fourth-order valence-electron chi connectivity index (χ4n) is 2.17. The van der Waals surface area contributed by atoms with E-state index in [1.165, 1.54) is 29.8 Å². The molecule has 2 nitrogen and oxygen atoms in total. The van der Waals surface area contributed by atoms with Gasteiger partial charge in [-0.1, -0.05) is 12.1 Å². The highest BCUT2D eigenvalue weighted by Crippen LogP contribution is 2.27. The molecule has 82 valence electrons. The molecule has 0 saturated heterocycles. The number of hydrogen-bond acceptors (Lipinski definition) is 2. The van der Waals surface area contributed by atoms with Crippen LogP contribution < -0.4 is 10.2 Å². The first-order valence-corrected chi connectivity index (χ1v) is 5.71. The van der Waals surface area contributed by atoms with E-state index in [2.05, 4.69) is 42.4 Å². The number of fused-ring (bicyclic) bond motifs is 1. The normalized spacial score (nSPS) is 16.6. The number of benzene rings is 1. The van der Waals surface area contributed by atoms with Crippen LogP contribution in [0, 0.1) is 0 Å². The summed E-state index contributed by atoms with van der Waals surface area (Å²) in [6, 6.07) is 7.45. The largest absolute Gasteiger partial charge is 0.374 e. The van der Waals surface area contributed by atoms with Gasteiger partial charge >= 0.3 is 0 Å². The highest BCUT2D eigenvalue weighted by Gasteiger charge is 2.15. The molecule has 0 spiro atoms. The highest BCUT2D eigenvalue weighted by atomic mass is 15.1. The Hall–Kier alpha value is -1.02. The van der Waals surface area contributed by atoms with Crippen molar-refractivity contribution in [1.82, 2.24) is 5.32 Å². The first kappa shape index (κ1) is 10.5. The molecule has 15 heavy (non-hydrogen) atoms. The van der Waals surface area contributed by atoms with Crippen LogP contribution in [0.1, 0.15) is 18.1 Å². The molecule has 0 fully saturated rings. The molecule has 0 aromatic heterocycles. The van der Waals surface area contributed by atoms with Crippen molar-refractivity contribution in [2.75, 3.05) is 25.5 Å². The lowest BCUT2D eigenvalue weighted by molar-refractivity contribution is 0.608. The molecule has 0 saturated carbocycles. The molecule has 1 heterocycles. The summed E-state index contributed by atoms with van der Waals surface area (Å²) in [5.41, 5.74) is 4.36. The van der Waals surface area contributed by atoms with Crippen LogP contribution in [0.15, 0.2) is 18.2 Å². The van der Waals surface area contributed by atoms with Crippen LogP contribution in [0.4, 0.5) is 5.69 Å². The van der Waals surface area contributed by atoms with Crippen LogP contribution in [0.2, 0.25) is 0 Å². The molecule has 1 N–H and O–H groups in total. The zero-order valence-corrected chi connectivity index (χ0v) is 9.88. The van der Waals surface area contributed by atoms with Crippen LogP contribution in [0.3, 0.4) is 0 Å². The quantitative estimate of drug-likeness (QED) is 0.808. The molecule has 1 aliphatic rings. The minimum absolute atomic E-state index is 0.551. The Morgan fingerprint density at radius 2 is 2.27 bits per heavy atom. The Morgan fingerprint density at radius 3 is 3.00 bits per heavy atom. The average molecular weight is 204 g/mol. The maximum absolute atomic E-state index is 3.28. The monoisotopic (exact) mass is 204 g/mol. The molecule has 0 amide bonds. The van der Waals surface area contributed by atoms with Crippen LogP contribution in [0.5, 0.6) is 0 Å². The molecule has 1 aromatic carbocycles. The van der Waals surface area contributed by atoms with Gasteiger partial charge in [-0.2, -0.15) is 0 Å². The van der Waals surface area contributed by atoms with Crippen molar-refractivity contribution in [3.63, 3.8) is 0 Å². The summed E-state index contributed by atoms with van der Waals surface area (Å²) in [7, 11) is 4.20. The summed E-state index contributed by atoms with van der Waals surface area (Å²) in [4.78, 5) is 2.35. The Balaban J connectivity index is 2.18. The zero-order valence-electron chi connectivity index (χ0n) is 9.88. The first-order chi connectivity index (χ1) is 7.20. The van der Waals surface area contributed by atoms with Gasteiger partial charge < -0.3 is 10.2 Å². The van der Waals surface area contributed by atoms with Gasteiger partial charge in [0.2, 0.25) is 0 Å². The van der Waals surface area contributed by atoms with Gasteiger partial charge in [0, 0.05) is 25.3 Å². The third-order valence-electron chi connectivity index (χ3n) is 3.31. The second-order valence-electron chi connectivity index (χ2n) is 4.53. The number of anilines is 1. The molecular formula is C13H20N2. The third-order valence-corrected chi connectivity index (χ3v) is 3.31. The molecule has 0 bridgehead atoms. The van der Waals surface area contributed by atoms with Crippen molar-refractivity contribution in [2.24, 2.45) is 0 Å². The van der Waals surface area contributed by atoms with Gasteiger partial charge in [-0.25, -0.2) is 0 Å². The molecule has 0 aliphatic carbocycles. The predicted molar refractivity (Wildman–Crippen MR) is 65.6 cm³/mol. The zero-order chi connectivity index (χ0) is 10.8. The lowest BCUT2D eigenvalue weighted by atomic mass is 10.0. The SMILES string of the molecule is CNC(C)Cc1ccc2c(c1)N(C)CC2. The number of likely N-dealkylation sites (N-methyl/N-ethyl adjacent to an activating group) is 2. The average Bonchev–Trinajstić information content (AvgIpc) is 2.60. The third kappa shape index (κ3) is 2.15. The predicted octanol–water partition coefficient (Wildman–Crippen LogP) is 1.83. The van der Waals surface area contributed by atoms with Gasteiger partial charge in [-0.15, -0.1) is 0 Å². The molecule has 1 aromatic rings. The van der Waals surface area contributed by atoms with Gasteiger partial charge in [0.25, 0.3) is 0 Å². The molecule has 1 unspecified atom stereocenters. The second kappa shape index (κ2) is 4.23. The van der Waals surface area contributed by atoms with E-state index in [1.807, 2.05) is 7.05 Å². The van der Waals surface area contributed by atoms with E-state index in [0.29, 0.717) is 6.04 Å². The lowest BCUT2D eigenvalue weighted by Crippen LogP contribution is -2.23. The molecule has 2 rings (SSSR count). The topological polar surface area (TPSA) is 15.3 Å². The molecule has 1 aliphatic heterocycles. The van der Waals surface area contributed by atoms with Crippen molar-refractivity contribution in [1.29, 1.82) is 0 Å². The van der Waals surface area contributed by atoms with Crippen molar-refractivity contribution >= 4 is 5.69 Å². The number of nitrogens with one attached hydrogen (secondary N) is 1. The Kier molecular flexibility index (Phi) is 2.96. The van der Waals surface area contributed by atoms with E-state index in [4.69, 9.17) is 0 Å². The minimum Gasteiger partial charge on any atom is -0.374 e. The molecule has 1 atom stereocenters. The van der Waals surface area contributed by atoms with Crippen LogP contribution in [-0.2, 0) is 12.8 Å². The van der Waals surface area contributed by atoms with Crippen molar-refractivity contribution in [2.45, 2.75) is 25.8 Å². The van der Waals surface area contributed by atoms with E-state index in [9.17, 15) is 0 Å². The second-order valence-corrected chi connectivity index (χ2v) is 4.53.